The van der Waals surface area contributed by atoms with Crippen LogP contribution in [0.1, 0.15) is 18.1 Å². The Morgan fingerprint density at radius 3 is 2.53 bits per heavy atom. The van der Waals surface area contributed by atoms with Gasteiger partial charge in [-0.25, -0.2) is 0 Å². The summed E-state index contributed by atoms with van der Waals surface area (Å²) in [5, 5.41) is 37.1. The van der Waals surface area contributed by atoms with Gasteiger partial charge >= 0.3 is 0 Å². The van der Waals surface area contributed by atoms with Crippen LogP contribution in [-0.2, 0) is 0 Å². The Bertz CT molecular complexity index is 329. The van der Waals surface area contributed by atoms with Crippen LogP contribution in [0.15, 0.2) is 18.2 Å². The lowest BCUT2D eigenvalue weighted by atomic mass is 10.0. The van der Waals surface area contributed by atoms with Gasteiger partial charge in [-0.05, 0) is 24.6 Å². The highest BCUT2D eigenvalue weighted by atomic mass is 16.3. The Balaban J connectivity index is 2.89. The summed E-state index contributed by atoms with van der Waals surface area (Å²) >= 11 is 0. The van der Waals surface area contributed by atoms with E-state index in [1.54, 1.807) is 0 Å². The largest absolute Gasteiger partial charge is 0.508 e. The third-order valence-electron chi connectivity index (χ3n) is 2.16. The molecular weight excluding hydrogens is 198 g/mol. The molecule has 0 spiro atoms. The Morgan fingerprint density at radius 1 is 1.27 bits per heavy atom. The van der Waals surface area contributed by atoms with Gasteiger partial charge < -0.3 is 26.2 Å². The first-order valence-corrected chi connectivity index (χ1v) is 4.61. The first-order chi connectivity index (χ1) is 7.06. The van der Waals surface area contributed by atoms with Gasteiger partial charge in [0.15, 0.2) is 0 Å². The molecule has 5 nitrogen and oxygen atoms in total. The first-order valence-electron chi connectivity index (χ1n) is 4.61. The highest BCUT2D eigenvalue weighted by molar-refractivity contribution is 5.48. The van der Waals surface area contributed by atoms with Crippen molar-refractivity contribution in [3.8, 4) is 5.75 Å². The van der Waals surface area contributed by atoms with Crippen LogP contribution < -0.4 is 5.73 Å². The molecule has 84 valence electrons. The standard InChI is InChI=1S/C10H15NO4/c11-6-1-2-8(13)7(5-6)10(15)9(14)3-4-12/h1-2,5,9-10,12-15H,3-4,11H2. The molecule has 0 saturated carbocycles. The predicted molar refractivity (Wildman–Crippen MR) is 55.2 cm³/mol. The highest BCUT2D eigenvalue weighted by Crippen LogP contribution is 2.29. The molecule has 0 aromatic heterocycles. The van der Waals surface area contributed by atoms with Gasteiger partial charge in [-0.15, -0.1) is 0 Å². The lowest BCUT2D eigenvalue weighted by molar-refractivity contribution is 0.00308. The number of aromatic hydroxyl groups is 1. The fraction of sp³-hybridized carbons (Fsp3) is 0.400. The fourth-order valence-electron chi connectivity index (χ4n) is 1.31. The van der Waals surface area contributed by atoms with E-state index in [1.807, 2.05) is 0 Å². The summed E-state index contributed by atoms with van der Waals surface area (Å²) in [4.78, 5) is 0. The number of aliphatic hydroxyl groups is 3. The molecule has 0 saturated heterocycles. The van der Waals surface area contributed by atoms with E-state index >= 15 is 0 Å². The molecule has 0 amide bonds. The van der Waals surface area contributed by atoms with Gasteiger partial charge in [-0.1, -0.05) is 0 Å². The summed E-state index contributed by atoms with van der Waals surface area (Å²) in [7, 11) is 0. The summed E-state index contributed by atoms with van der Waals surface area (Å²) < 4.78 is 0. The summed E-state index contributed by atoms with van der Waals surface area (Å²) in [6.07, 6.45) is -2.33. The highest BCUT2D eigenvalue weighted by Gasteiger charge is 2.20. The van der Waals surface area contributed by atoms with Crippen molar-refractivity contribution in [3.63, 3.8) is 0 Å². The average molecular weight is 213 g/mol. The van der Waals surface area contributed by atoms with Gasteiger partial charge in [0.05, 0.1) is 6.10 Å². The minimum atomic E-state index is -1.25. The van der Waals surface area contributed by atoms with Crippen LogP contribution in [0.4, 0.5) is 5.69 Å². The number of benzene rings is 1. The Kier molecular flexibility index (Phi) is 3.90. The van der Waals surface area contributed by atoms with Gasteiger partial charge in [-0.2, -0.15) is 0 Å². The normalized spacial score (nSPS) is 14.9. The van der Waals surface area contributed by atoms with Crippen molar-refractivity contribution >= 4 is 5.69 Å². The van der Waals surface area contributed by atoms with E-state index in [1.165, 1.54) is 18.2 Å². The van der Waals surface area contributed by atoms with Crippen molar-refractivity contribution in [2.45, 2.75) is 18.6 Å². The second kappa shape index (κ2) is 4.97. The molecule has 0 aliphatic heterocycles. The van der Waals surface area contributed by atoms with Crippen LogP contribution in [-0.4, -0.2) is 33.1 Å². The number of nitrogens with two attached hydrogens (primary N) is 1. The fourth-order valence-corrected chi connectivity index (χ4v) is 1.31. The molecule has 2 unspecified atom stereocenters. The van der Waals surface area contributed by atoms with Crippen LogP contribution in [0.25, 0.3) is 0 Å². The number of aliphatic hydroxyl groups excluding tert-OH is 3. The maximum atomic E-state index is 9.65. The van der Waals surface area contributed by atoms with Crippen LogP contribution in [0, 0.1) is 0 Å². The Labute approximate surface area is 87.4 Å². The van der Waals surface area contributed by atoms with E-state index in [4.69, 9.17) is 10.8 Å². The SMILES string of the molecule is Nc1ccc(O)c(C(O)C(O)CCO)c1. The molecule has 1 aromatic carbocycles. The van der Waals surface area contributed by atoms with E-state index in [-0.39, 0.29) is 24.3 Å². The Hall–Kier alpha value is -1.30. The average Bonchev–Trinajstić information content (AvgIpc) is 2.21. The van der Waals surface area contributed by atoms with E-state index in [2.05, 4.69) is 0 Å². The molecule has 15 heavy (non-hydrogen) atoms. The zero-order valence-corrected chi connectivity index (χ0v) is 8.17. The molecular formula is C10H15NO4. The number of phenolic OH excluding ortho intramolecular Hbond substituents is 1. The minimum Gasteiger partial charge on any atom is -0.508 e. The number of hydrogen-bond donors (Lipinski definition) is 5. The molecule has 5 heteroatoms. The molecule has 1 rings (SSSR count). The molecule has 2 atom stereocenters. The van der Waals surface area contributed by atoms with E-state index < -0.39 is 12.2 Å². The second-order valence-electron chi connectivity index (χ2n) is 3.34. The molecule has 0 aliphatic rings. The van der Waals surface area contributed by atoms with Crippen molar-refractivity contribution < 1.29 is 20.4 Å². The molecule has 0 radical (unpaired) electrons. The number of nitrogen functional groups attached to an aromatic ring is 1. The van der Waals surface area contributed by atoms with E-state index in [9.17, 15) is 15.3 Å². The van der Waals surface area contributed by atoms with Crippen LogP contribution in [0.5, 0.6) is 5.75 Å². The number of rotatable bonds is 4. The van der Waals surface area contributed by atoms with Crippen molar-refractivity contribution in [1.29, 1.82) is 0 Å². The first kappa shape index (κ1) is 11.8. The lowest BCUT2D eigenvalue weighted by Gasteiger charge is -2.18. The van der Waals surface area contributed by atoms with E-state index in [0.717, 1.165) is 0 Å². The monoisotopic (exact) mass is 213 g/mol. The number of phenols is 1. The zero-order chi connectivity index (χ0) is 11.4. The van der Waals surface area contributed by atoms with Crippen LogP contribution >= 0.6 is 0 Å². The van der Waals surface area contributed by atoms with Gasteiger partial charge in [0, 0.05) is 17.9 Å². The third kappa shape index (κ3) is 2.82. The summed E-state index contributed by atoms with van der Waals surface area (Å²) in [6.45, 7) is -0.235. The molecule has 0 heterocycles. The lowest BCUT2D eigenvalue weighted by Crippen LogP contribution is -2.19. The van der Waals surface area contributed by atoms with Crippen molar-refractivity contribution in [2.75, 3.05) is 12.3 Å². The van der Waals surface area contributed by atoms with E-state index in [0.29, 0.717) is 5.69 Å². The van der Waals surface area contributed by atoms with Gasteiger partial charge in [0.25, 0.3) is 0 Å². The number of anilines is 1. The van der Waals surface area contributed by atoms with Crippen molar-refractivity contribution in [2.24, 2.45) is 0 Å². The molecule has 0 fully saturated rings. The zero-order valence-electron chi connectivity index (χ0n) is 8.17. The minimum absolute atomic E-state index is 0.0371. The molecule has 0 aliphatic carbocycles. The van der Waals surface area contributed by atoms with Crippen LogP contribution in [0.3, 0.4) is 0 Å². The van der Waals surface area contributed by atoms with Gasteiger partial charge in [0.2, 0.25) is 0 Å². The second-order valence-corrected chi connectivity index (χ2v) is 3.34. The quantitative estimate of drug-likeness (QED) is 0.350. The summed E-state index contributed by atoms with van der Waals surface area (Å²) in [6, 6.07) is 4.23. The third-order valence-corrected chi connectivity index (χ3v) is 2.16. The topological polar surface area (TPSA) is 107 Å². The maximum absolute atomic E-state index is 9.65. The molecule has 0 bridgehead atoms. The van der Waals surface area contributed by atoms with Crippen molar-refractivity contribution in [1.82, 2.24) is 0 Å². The summed E-state index contributed by atoms with van der Waals surface area (Å²) in [5.74, 6) is -0.131. The van der Waals surface area contributed by atoms with Crippen LogP contribution in [0.2, 0.25) is 0 Å². The smallest absolute Gasteiger partial charge is 0.121 e. The number of hydrogen-bond acceptors (Lipinski definition) is 5. The Morgan fingerprint density at radius 2 is 1.93 bits per heavy atom. The maximum Gasteiger partial charge on any atom is 0.121 e. The molecule has 1 aromatic rings. The van der Waals surface area contributed by atoms with Crippen molar-refractivity contribution in [3.05, 3.63) is 23.8 Å². The molecule has 6 N–H and O–H groups in total. The summed E-state index contributed by atoms with van der Waals surface area (Å²) in [5.41, 5.74) is 6.04. The van der Waals surface area contributed by atoms with Gasteiger partial charge in [0.1, 0.15) is 11.9 Å². The van der Waals surface area contributed by atoms with Gasteiger partial charge in [-0.3, -0.25) is 0 Å². The predicted octanol–water partition coefficient (Wildman–Crippen LogP) is -0.249.